The van der Waals surface area contributed by atoms with Crippen molar-refractivity contribution in [3.63, 3.8) is 0 Å². The highest BCUT2D eigenvalue weighted by Crippen LogP contribution is 2.29. The summed E-state index contributed by atoms with van der Waals surface area (Å²) < 4.78 is 47.2. The van der Waals surface area contributed by atoms with Crippen LogP contribution >= 0.6 is 0 Å². The van der Waals surface area contributed by atoms with E-state index in [0.29, 0.717) is 22.7 Å². The van der Waals surface area contributed by atoms with E-state index in [2.05, 4.69) is 15.6 Å². The Bertz CT molecular complexity index is 1540. The molecular weight excluding hydrogens is 499 g/mol. The lowest BCUT2D eigenvalue weighted by Crippen LogP contribution is -2.23. The lowest BCUT2D eigenvalue weighted by Gasteiger charge is -2.15. The first-order valence-electron chi connectivity index (χ1n) is 11.7. The van der Waals surface area contributed by atoms with Crippen molar-refractivity contribution in [1.82, 2.24) is 19.8 Å². The molecule has 0 unspecified atom stereocenters. The largest absolute Gasteiger partial charge is 0.489 e. The molecule has 0 N–H and O–H groups in total. The molecule has 0 saturated carbocycles. The second-order valence-electron chi connectivity index (χ2n) is 8.79. The van der Waals surface area contributed by atoms with Gasteiger partial charge in [-0.1, -0.05) is 29.4 Å². The monoisotopic (exact) mass is 525 g/mol. The van der Waals surface area contributed by atoms with Gasteiger partial charge in [0, 0.05) is 12.6 Å². The van der Waals surface area contributed by atoms with Gasteiger partial charge in [0.1, 0.15) is 19.0 Å². The molecule has 1 heterocycles. The number of aryl methyl sites for hydroxylation is 3. The van der Waals surface area contributed by atoms with Crippen molar-refractivity contribution in [1.29, 1.82) is 0 Å². The third-order valence-electron chi connectivity index (χ3n) is 5.99. The Morgan fingerprint density at radius 2 is 1.74 bits per heavy atom. The van der Waals surface area contributed by atoms with Crippen molar-refractivity contribution in [3.05, 3.63) is 105 Å². The number of rotatable bonds is 8. The summed E-state index contributed by atoms with van der Waals surface area (Å²) in [5.74, 6) is 0.645. The summed E-state index contributed by atoms with van der Waals surface area (Å²) in [4.78, 5) is 17.7. The number of aromatic nitrogens is 4. The second kappa shape index (κ2) is 10.9. The molecule has 0 aliphatic rings. The van der Waals surface area contributed by atoms with Gasteiger partial charge in [-0.25, -0.2) is 4.79 Å². The maximum atomic E-state index is 12.9. The van der Waals surface area contributed by atoms with Crippen LogP contribution in [-0.4, -0.2) is 25.5 Å². The Labute approximate surface area is 216 Å². The van der Waals surface area contributed by atoms with Crippen molar-refractivity contribution in [3.8, 4) is 11.4 Å². The van der Waals surface area contributed by atoms with Gasteiger partial charge in [-0.15, -0.1) is 0 Å². The van der Waals surface area contributed by atoms with E-state index in [9.17, 15) is 18.0 Å². The Balaban J connectivity index is 1.44. The van der Waals surface area contributed by atoms with Gasteiger partial charge in [-0.2, -0.15) is 22.5 Å². The summed E-state index contributed by atoms with van der Waals surface area (Å²) in [5, 5.41) is 11.8. The van der Waals surface area contributed by atoms with E-state index >= 15 is 0 Å². The van der Waals surface area contributed by atoms with E-state index in [1.807, 2.05) is 44.2 Å². The fourth-order valence-corrected chi connectivity index (χ4v) is 3.82. The highest BCUT2D eigenvalue weighted by atomic mass is 19.4. The molecule has 0 saturated heterocycles. The first kappa shape index (κ1) is 26.6. The molecule has 0 aliphatic heterocycles. The minimum atomic E-state index is -4.41. The van der Waals surface area contributed by atoms with Gasteiger partial charge in [-0.05, 0) is 89.8 Å². The summed E-state index contributed by atoms with van der Waals surface area (Å²) in [6.45, 7) is 5.69. The molecule has 3 aromatic carbocycles. The van der Waals surface area contributed by atoms with Crippen molar-refractivity contribution in [2.75, 3.05) is 0 Å². The molecule has 38 heavy (non-hydrogen) atoms. The molecule has 8 nitrogen and oxygen atoms in total. The van der Waals surface area contributed by atoms with Crippen LogP contribution in [0.1, 0.15) is 40.3 Å². The molecule has 4 aromatic rings. The molecule has 0 spiro atoms. The van der Waals surface area contributed by atoms with Crippen molar-refractivity contribution < 1.29 is 22.7 Å². The standard InChI is InChI=1S/C27H26F3N5O3/c1-17-7-5-10-24(35-26(36)34(4)32-33-35)23(17)16-37-25-12-11-21(13-18(25)2)19(3)31-38-15-20-8-6-9-22(14-20)27(28,29)30/h5-14H,15-16H2,1-4H3/b31-19-. The number of oxime groups is 1. The summed E-state index contributed by atoms with van der Waals surface area (Å²) in [6, 6.07) is 16.0. The van der Waals surface area contributed by atoms with Crippen LogP contribution in [0.4, 0.5) is 13.2 Å². The minimum absolute atomic E-state index is 0.0882. The summed E-state index contributed by atoms with van der Waals surface area (Å²) >= 11 is 0. The fourth-order valence-electron chi connectivity index (χ4n) is 3.82. The Morgan fingerprint density at radius 1 is 0.974 bits per heavy atom. The van der Waals surface area contributed by atoms with E-state index in [1.165, 1.54) is 17.8 Å². The van der Waals surface area contributed by atoms with Gasteiger partial charge in [0.05, 0.1) is 17.0 Å². The van der Waals surface area contributed by atoms with Gasteiger partial charge >= 0.3 is 11.9 Å². The number of ether oxygens (including phenoxy) is 1. The molecule has 0 amide bonds. The number of alkyl halides is 3. The molecule has 1 aromatic heterocycles. The molecule has 4 rings (SSSR count). The van der Waals surface area contributed by atoms with E-state index in [-0.39, 0.29) is 18.9 Å². The maximum Gasteiger partial charge on any atom is 0.416 e. The molecule has 0 fully saturated rings. The lowest BCUT2D eigenvalue weighted by atomic mass is 10.1. The zero-order valence-corrected chi connectivity index (χ0v) is 21.3. The van der Waals surface area contributed by atoms with Crippen LogP contribution in [0.3, 0.4) is 0 Å². The Morgan fingerprint density at radius 3 is 2.42 bits per heavy atom. The van der Waals surface area contributed by atoms with E-state index in [1.54, 1.807) is 19.1 Å². The highest BCUT2D eigenvalue weighted by molar-refractivity contribution is 5.98. The second-order valence-corrected chi connectivity index (χ2v) is 8.79. The van der Waals surface area contributed by atoms with E-state index in [4.69, 9.17) is 9.57 Å². The Kier molecular flexibility index (Phi) is 7.65. The summed E-state index contributed by atoms with van der Waals surface area (Å²) in [5.41, 5.74) is 3.82. The number of benzene rings is 3. The third kappa shape index (κ3) is 5.93. The number of halogens is 3. The molecule has 0 aliphatic carbocycles. The van der Waals surface area contributed by atoms with Crippen LogP contribution in [0.25, 0.3) is 5.69 Å². The summed E-state index contributed by atoms with van der Waals surface area (Å²) in [7, 11) is 1.53. The van der Waals surface area contributed by atoms with Crippen LogP contribution in [0, 0.1) is 13.8 Å². The number of hydrogen-bond acceptors (Lipinski definition) is 6. The quantitative estimate of drug-likeness (QED) is 0.236. The molecule has 11 heteroatoms. The summed E-state index contributed by atoms with van der Waals surface area (Å²) in [6.07, 6.45) is -4.41. The van der Waals surface area contributed by atoms with Gasteiger partial charge in [0.25, 0.3) is 0 Å². The van der Waals surface area contributed by atoms with Crippen molar-refractivity contribution in [2.24, 2.45) is 12.2 Å². The van der Waals surface area contributed by atoms with Crippen molar-refractivity contribution >= 4 is 5.71 Å². The lowest BCUT2D eigenvalue weighted by molar-refractivity contribution is -0.137. The normalized spacial score (nSPS) is 12.0. The van der Waals surface area contributed by atoms with Crippen LogP contribution in [0.15, 0.2) is 70.6 Å². The Hall–Kier alpha value is -4.41. The molecular formula is C27H26F3N5O3. The zero-order chi connectivity index (χ0) is 27.4. The van der Waals surface area contributed by atoms with Crippen LogP contribution in [-0.2, 0) is 31.3 Å². The number of tetrazole rings is 1. The van der Waals surface area contributed by atoms with E-state index in [0.717, 1.165) is 39.1 Å². The van der Waals surface area contributed by atoms with Gasteiger partial charge < -0.3 is 9.57 Å². The highest BCUT2D eigenvalue weighted by Gasteiger charge is 2.30. The van der Waals surface area contributed by atoms with Gasteiger partial charge in [-0.3, -0.25) is 0 Å². The van der Waals surface area contributed by atoms with Gasteiger partial charge in [0.15, 0.2) is 0 Å². The smallest absolute Gasteiger partial charge is 0.416 e. The van der Waals surface area contributed by atoms with Crippen LogP contribution in [0.5, 0.6) is 5.75 Å². The molecule has 198 valence electrons. The molecule has 0 radical (unpaired) electrons. The predicted octanol–water partition coefficient (Wildman–Crippen LogP) is 5.12. The third-order valence-corrected chi connectivity index (χ3v) is 5.99. The average molecular weight is 526 g/mol. The first-order valence-corrected chi connectivity index (χ1v) is 11.7. The number of hydrogen-bond donors (Lipinski definition) is 0. The van der Waals surface area contributed by atoms with E-state index < -0.39 is 11.7 Å². The predicted molar refractivity (Wildman–Crippen MR) is 135 cm³/mol. The average Bonchev–Trinajstić information content (AvgIpc) is 3.21. The van der Waals surface area contributed by atoms with Crippen molar-refractivity contribution in [2.45, 2.75) is 40.2 Å². The zero-order valence-electron chi connectivity index (χ0n) is 21.3. The first-order chi connectivity index (χ1) is 18.0. The fraction of sp³-hybridized carbons (Fsp3) is 0.259. The van der Waals surface area contributed by atoms with Crippen LogP contribution < -0.4 is 10.4 Å². The topological polar surface area (TPSA) is 83.5 Å². The minimum Gasteiger partial charge on any atom is -0.489 e. The number of nitrogens with zero attached hydrogens (tertiary/aromatic N) is 5. The van der Waals surface area contributed by atoms with Crippen LogP contribution in [0.2, 0.25) is 0 Å². The molecule has 0 atom stereocenters. The SMILES string of the molecule is C/C(=N/OCc1cccc(C(F)(F)F)c1)c1ccc(OCc2c(C)cccc2-n2nnn(C)c2=O)c(C)c1. The van der Waals surface area contributed by atoms with Gasteiger partial charge in [0.2, 0.25) is 0 Å². The maximum absolute atomic E-state index is 12.9. The molecule has 0 bridgehead atoms.